The molecule has 1 amide bonds. The summed E-state index contributed by atoms with van der Waals surface area (Å²) in [6.07, 6.45) is -3.32. The Labute approximate surface area is 148 Å². The number of hydrogen-bond donors (Lipinski definition) is 1. The first-order chi connectivity index (χ1) is 12.4. The number of hydrogen-bond acceptors (Lipinski definition) is 4. The van der Waals surface area contributed by atoms with Gasteiger partial charge in [-0.25, -0.2) is 5.43 Å². The predicted molar refractivity (Wildman–Crippen MR) is 90.7 cm³/mol. The second-order valence-corrected chi connectivity index (χ2v) is 5.09. The second-order valence-electron chi connectivity index (χ2n) is 5.09. The van der Waals surface area contributed by atoms with Crippen molar-refractivity contribution in [3.05, 3.63) is 59.2 Å². The maximum Gasteiger partial charge on any atom is 0.417 e. The molecule has 0 fully saturated rings. The van der Waals surface area contributed by atoms with Crippen LogP contribution in [0.3, 0.4) is 0 Å². The van der Waals surface area contributed by atoms with E-state index in [1.165, 1.54) is 25.5 Å². The number of methoxy groups -OCH3 is 1. The summed E-state index contributed by atoms with van der Waals surface area (Å²) in [5.41, 5.74) is 1.16. The van der Waals surface area contributed by atoms with Gasteiger partial charge in [-0.15, -0.1) is 0 Å². The molecular formula is C18H17F3N2O3. The SMILES string of the molecule is CCOc1cc(/C=N/NC(=O)c2ccccc2C(F)(F)F)ccc1OC. The van der Waals surface area contributed by atoms with Gasteiger partial charge in [-0.2, -0.15) is 18.3 Å². The molecule has 2 rings (SSSR count). The Balaban J connectivity index is 2.14. The summed E-state index contributed by atoms with van der Waals surface area (Å²) >= 11 is 0. The van der Waals surface area contributed by atoms with E-state index >= 15 is 0 Å². The van der Waals surface area contributed by atoms with Crippen LogP contribution in [0, 0.1) is 0 Å². The monoisotopic (exact) mass is 366 g/mol. The number of hydrazone groups is 1. The molecular weight excluding hydrogens is 349 g/mol. The second kappa shape index (κ2) is 8.37. The van der Waals surface area contributed by atoms with Crippen molar-refractivity contribution in [3.63, 3.8) is 0 Å². The number of alkyl halides is 3. The van der Waals surface area contributed by atoms with Crippen LogP contribution in [-0.4, -0.2) is 25.8 Å². The molecule has 26 heavy (non-hydrogen) atoms. The number of carbonyl (C=O) groups is 1. The molecule has 138 valence electrons. The number of benzene rings is 2. The van der Waals surface area contributed by atoms with Crippen LogP contribution < -0.4 is 14.9 Å². The lowest BCUT2D eigenvalue weighted by molar-refractivity contribution is -0.137. The fourth-order valence-corrected chi connectivity index (χ4v) is 2.20. The molecule has 0 spiro atoms. The smallest absolute Gasteiger partial charge is 0.417 e. The average Bonchev–Trinajstić information content (AvgIpc) is 2.61. The molecule has 2 aromatic rings. The van der Waals surface area contributed by atoms with Crippen LogP contribution in [0.4, 0.5) is 13.2 Å². The molecule has 0 aliphatic rings. The van der Waals surface area contributed by atoms with Crippen LogP contribution in [0.1, 0.15) is 28.4 Å². The number of nitrogens with one attached hydrogen (secondary N) is 1. The zero-order valence-electron chi connectivity index (χ0n) is 14.1. The third-order valence-corrected chi connectivity index (χ3v) is 3.34. The van der Waals surface area contributed by atoms with E-state index in [0.29, 0.717) is 23.7 Å². The lowest BCUT2D eigenvalue weighted by Gasteiger charge is -2.11. The van der Waals surface area contributed by atoms with E-state index in [1.807, 2.05) is 6.92 Å². The minimum atomic E-state index is -4.62. The van der Waals surface area contributed by atoms with E-state index in [1.54, 1.807) is 18.2 Å². The average molecular weight is 366 g/mol. The summed E-state index contributed by atoms with van der Waals surface area (Å²) in [6, 6.07) is 9.47. The molecule has 2 aromatic carbocycles. The quantitative estimate of drug-likeness (QED) is 0.624. The van der Waals surface area contributed by atoms with Crippen molar-refractivity contribution in [2.24, 2.45) is 5.10 Å². The third kappa shape index (κ3) is 4.75. The van der Waals surface area contributed by atoms with Gasteiger partial charge in [-0.1, -0.05) is 12.1 Å². The number of halogens is 3. The molecule has 0 aliphatic carbocycles. The highest BCUT2D eigenvalue weighted by atomic mass is 19.4. The summed E-state index contributed by atoms with van der Waals surface area (Å²) in [7, 11) is 1.50. The van der Waals surface area contributed by atoms with Gasteiger partial charge in [0, 0.05) is 0 Å². The Morgan fingerprint density at radius 1 is 1.19 bits per heavy atom. The summed E-state index contributed by atoms with van der Waals surface area (Å²) in [5, 5.41) is 3.71. The van der Waals surface area contributed by atoms with Gasteiger partial charge in [-0.05, 0) is 42.8 Å². The van der Waals surface area contributed by atoms with Crippen molar-refractivity contribution in [2.75, 3.05) is 13.7 Å². The molecule has 0 unspecified atom stereocenters. The van der Waals surface area contributed by atoms with Crippen LogP contribution >= 0.6 is 0 Å². The first-order valence-corrected chi connectivity index (χ1v) is 7.67. The maximum atomic E-state index is 12.9. The van der Waals surface area contributed by atoms with Gasteiger partial charge in [0.1, 0.15) is 0 Å². The molecule has 0 saturated carbocycles. The fraction of sp³-hybridized carbons (Fsp3) is 0.222. The maximum absolute atomic E-state index is 12.9. The van der Waals surface area contributed by atoms with Crippen molar-refractivity contribution in [3.8, 4) is 11.5 Å². The minimum absolute atomic E-state index is 0.432. The Hall–Kier alpha value is -3.03. The molecule has 8 heteroatoms. The standard InChI is InChI=1S/C18H17F3N2O3/c1-3-26-16-10-12(8-9-15(16)25-2)11-22-23-17(24)13-6-4-5-7-14(13)18(19,20)21/h4-11H,3H2,1-2H3,(H,23,24)/b22-11+. The number of carbonyl (C=O) groups excluding carboxylic acids is 1. The lowest BCUT2D eigenvalue weighted by atomic mass is 10.1. The van der Waals surface area contributed by atoms with E-state index in [0.717, 1.165) is 12.1 Å². The summed E-state index contributed by atoms with van der Waals surface area (Å²) in [4.78, 5) is 12.0. The van der Waals surface area contributed by atoms with Gasteiger partial charge in [-0.3, -0.25) is 4.79 Å². The van der Waals surface area contributed by atoms with E-state index in [-0.39, 0.29) is 0 Å². The Morgan fingerprint density at radius 2 is 1.92 bits per heavy atom. The van der Waals surface area contributed by atoms with Crippen molar-refractivity contribution in [1.82, 2.24) is 5.43 Å². The van der Waals surface area contributed by atoms with Crippen LogP contribution in [0.25, 0.3) is 0 Å². The summed E-state index contributed by atoms with van der Waals surface area (Å²) in [5.74, 6) is 0.0764. The largest absolute Gasteiger partial charge is 0.493 e. The van der Waals surface area contributed by atoms with Crippen molar-refractivity contribution >= 4 is 12.1 Å². The Bertz CT molecular complexity index is 805. The van der Waals surface area contributed by atoms with Crippen LogP contribution in [0.2, 0.25) is 0 Å². The first kappa shape index (κ1) is 19.3. The zero-order valence-corrected chi connectivity index (χ0v) is 14.1. The van der Waals surface area contributed by atoms with Crippen molar-refractivity contribution in [2.45, 2.75) is 13.1 Å². The Kier molecular flexibility index (Phi) is 6.21. The molecule has 0 bridgehead atoms. The Morgan fingerprint density at radius 3 is 2.58 bits per heavy atom. The number of rotatable bonds is 6. The lowest BCUT2D eigenvalue weighted by Crippen LogP contribution is -2.22. The number of ether oxygens (including phenoxy) is 2. The van der Waals surface area contributed by atoms with Gasteiger partial charge < -0.3 is 9.47 Å². The molecule has 0 atom stereocenters. The zero-order chi connectivity index (χ0) is 19.2. The van der Waals surface area contributed by atoms with Crippen LogP contribution in [-0.2, 0) is 6.18 Å². The molecule has 1 N–H and O–H groups in total. The van der Waals surface area contributed by atoms with Crippen molar-refractivity contribution in [1.29, 1.82) is 0 Å². The van der Waals surface area contributed by atoms with Gasteiger partial charge in [0.05, 0.1) is 31.1 Å². The topological polar surface area (TPSA) is 59.9 Å². The summed E-state index contributed by atoms with van der Waals surface area (Å²) < 4.78 is 49.4. The predicted octanol–water partition coefficient (Wildman–Crippen LogP) is 3.88. The van der Waals surface area contributed by atoms with E-state index < -0.39 is 23.2 Å². The third-order valence-electron chi connectivity index (χ3n) is 3.34. The fourth-order valence-electron chi connectivity index (χ4n) is 2.20. The highest BCUT2D eigenvalue weighted by molar-refractivity contribution is 5.96. The molecule has 0 heterocycles. The normalized spacial score (nSPS) is 11.4. The van der Waals surface area contributed by atoms with Crippen LogP contribution in [0.15, 0.2) is 47.6 Å². The summed E-state index contributed by atoms with van der Waals surface area (Å²) in [6.45, 7) is 2.25. The van der Waals surface area contributed by atoms with E-state index in [4.69, 9.17) is 9.47 Å². The van der Waals surface area contributed by atoms with Crippen LogP contribution in [0.5, 0.6) is 11.5 Å². The number of nitrogens with zero attached hydrogens (tertiary/aromatic N) is 1. The molecule has 5 nitrogen and oxygen atoms in total. The van der Waals surface area contributed by atoms with E-state index in [2.05, 4.69) is 10.5 Å². The minimum Gasteiger partial charge on any atom is -0.493 e. The highest BCUT2D eigenvalue weighted by Crippen LogP contribution is 2.31. The van der Waals surface area contributed by atoms with Gasteiger partial charge in [0.15, 0.2) is 11.5 Å². The van der Waals surface area contributed by atoms with E-state index in [9.17, 15) is 18.0 Å². The highest BCUT2D eigenvalue weighted by Gasteiger charge is 2.34. The molecule has 0 aliphatic heterocycles. The molecule has 0 aromatic heterocycles. The van der Waals surface area contributed by atoms with Gasteiger partial charge in [0.25, 0.3) is 5.91 Å². The van der Waals surface area contributed by atoms with Gasteiger partial charge >= 0.3 is 6.18 Å². The molecule has 0 radical (unpaired) electrons. The molecule has 0 saturated heterocycles. The van der Waals surface area contributed by atoms with Crippen molar-refractivity contribution < 1.29 is 27.4 Å². The van der Waals surface area contributed by atoms with Gasteiger partial charge in [0.2, 0.25) is 0 Å². The first-order valence-electron chi connectivity index (χ1n) is 7.67. The number of amides is 1.